The molecule has 1 aromatic heterocycles. The Morgan fingerprint density at radius 3 is 2.21 bits per heavy atom. The molecule has 0 unspecified atom stereocenters. The smallest absolute Gasteiger partial charge is 0.174 e. The Kier molecular flexibility index (Phi) is 2.84. The van der Waals surface area contributed by atoms with Crippen LogP contribution in [-0.2, 0) is 0 Å². The lowest BCUT2D eigenvalue weighted by atomic mass is 9.98. The number of rotatable bonds is 0. The molecule has 0 aliphatic carbocycles. The first-order chi connectivity index (χ1) is 6.53. The van der Waals surface area contributed by atoms with E-state index >= 15 is 0 Å². The zero-order chi connectivity index (χ0) is 10.6. The first kappa shape index (κ1) is 10.2. The molecule has 0 saturated heterocycles. The molecule has 0 radical (unpaired) electrons. The summed E-state index contributed by atoms with van der Waals surface area (Å²) in [5.74, 6) is 5.87. The minimum Gasteiger partial charge on any atom is -0.243 e. The van der Waals surface area contributed by atoms with Crippen molar-refractivity contribution in [1.29, 1.82) is 5.26 Å². The van der Waals surface area contributed by atoms with Crippen LogP contribution in [0.5, 0.6) is 0 Å². The minimum absolute atomic E-state index is 0.0930. The Bertz CT molecular complexity index is 424. The van der Waals surface area contributed by atoms with Crippen molar-refractivity contribution in [3.8, 4) is 17.9 Å². The largest absolute Gasteiger partial charge is 0.243 e. The van der Waals surface area contributed by atoms with E-state index in [1.807, 2.05) is 26.8 Å². The van der Waals surface area contributed by atoms with Crippen molar-refractivity contribution in [1.82, 2.24) is 9.97 Å². The highest BCUT2D eigenvalue weighted by Gasteiger charge is 2.05. The van der Waals surface area contributed by atoms with Crippen LogP contribution < -0.4 is 0 Å². The Hall–Kier alpha value is -1.87. The summed E-state index contributed by atoms with van der Waals surface area (Å²) in [6.45, 7) is 6.01. The maximum Gasteiger partial charge on any atom is 0.174 e. The molecule has 3 nitrogen and oxygen atoms in total. The normalized spacial score (nSPS) is 9.86. The van der Waals surface area contributed by atoms with Crippen LogP contribution >= 0.6 is 0 Å². The molecule has 0 atom stereocenters. The fraction of sp³-hybridized carbons (Fsp3) is 0.364. The maximum atomic E-state index is 8.73. The van der Waals surface area contributed by atoms with Gasteiger partial charge in [-0.3, -0.25) is 0 Å². The molecule has 0 aliphatic heterocycles. The molecule has 70 valence electrons. The Balaban J connectivity index is 3.08. The standard InChI is InChI=1S/C11H11N3/c1-11(2,3)5-4-9-10(8-12)14-7-6-13-9/h6-7H,1-3H3. The van der Waals surface area contributed by atoms with E-state index in [1.165, 1.54) is 12.4 Å². The number of aromatic nitrogens is 2. The molecule has 0 fully saturated rings. The van der Waals surface area contributed by atoms with Crippen molar-refractivity contribution < 1.29 is 0 Å². The summed E-state index contributed by atoms with van der Waals surface area (Å²) in [5.41, 5.74) is 0.638. The Morgan fingerprint density at radius 1 is 1.14 bits per heavy atom. The predicted octanol–water partition coefficient (Wildman–Crippen LogP) is 1.75. The van der Waals surface area contributed by atoms with E-state index in [4.69, 9.17) is 5.26 Å². The molecule has 0 N–H and O–H groups in total. The molecule has 3 heteroatoms. The lowest BCUT2D eigenvalue weighted by Gasteiger charge is -2.06. The lowest BCUT2D eigenvalue weighted by molar-refractivity contribution is 0.571. The second-order valence-corrected chi connectivity index (χ2v) is 3.87. The molecular formula is C11H11N3. The SMILES string of the molecule is CC(C)(C)C#Cc1nccnc1C#N. The summed E-state index contributed by atoms with van der Waals surface area (Å²) in [7, 11) is 0. The Morgan fingerprint density at radius 2 is 1.71 bits per heavy atom. The van der Waals surface area contributed by atoms with Gasteiger partial charge in [0.05, 0.1) is 0 Å². The van der Waals surface area contributed by atoms with Crippen LogP contribution in [0.15, 0.2) is 12.4 Å². The van der Waals surface area contributed by atoms with Gasteiger partial charge in [0.1, 0.15) is 11.8 Å². The van der Waals surface area contributed by atoms with Crippen LogP contribution in [-0.4, -0.2) is 9.97 Å². The average Bonchev–Trinajstić information content (AvgIpc) is 2.14. The molecule has 0 aliphatic rings. The maximum absolute atomic E-state index is 8.73. The zero-order valence-corrected chi connectivity index (χ0v) is 8.50. The van der Waals surface area contributed by atoms with Gasteiger partial charge in [-0.1, -0.05) is 5.92 Å². The van der Waals surface area contributed by atoms with Crippen LogP contribution in [0.25, 0.3) is 0 Å². The number of hydrogen-bond donors (Lipinski definition) is 0. The Labute approximate surface area is 83.8 Å². The predicted molar refractivity (Wildman–Crippen MR) is 53.1 cm³/mol. The van der Waals surface area contributed by atoms with Crippen molar-refractivity contribution in [3.05, 3.63) is 23.8 Å². The van der Waals surface area contributed by atoms with E-state index < -0.39 is 0 Å². The van der Waals surface area contributed by atoms with Crippen LogP contribution in [0.3, 0.4) is 0 Å². The number of nitriles is 1. The lowest BCUT2D eigenvalue weighted by Crippen LogP contribution is -2.00. The highest BCUT2D eigenvalue weighted by molar-refractivity contribution is 5.38. The molecule has 14 heavy (non-hydrogen) atoms. The van der Waals surface area contributed by atoms with E-state index in [1.54, 1.807) is 0 Å². The van der Waals surface area contributed by atoms with Gasteiger partial charge < -0.3 is 0 Å². The zero-order valence-electron chi connectivity index (χ0n) is 8.50. The highest BCUT2D eigenvalue weighted by Crippen LogP contribution is 2.10. The van der Waals surface area contributed by atoms with Gasteiger partial charge in [-0.15, -0.1) is 0 Å². The van der Waals surface area contributed by atoms with Gasteiger partial charge in [-0.2, -0.15) is 5.26 Å². The molecule has 0 aromatic carbocycles. The molecule has 1 rings (SSSR count). The average molecular weight is 185 g/mol. The summed E-state index contributed by atoms with van der Waals surface area (Å²) in [6, 6.07) is 1.96. The summed E-state index contributed by atoms with van der Waals surface area (Å²) < 4.78 is 0. The first-order valence-electron chi connectivity index (χ1n) is 4.27. The van der Waals surface area contributed by atoms with Crippen molar-refractivity contribution in [2.45, 2.75) is 20.8 Å². The number of nitrogens with zero attached hydrogens (tertiary/aromatic N) is 3. The second kappa shape index (κ2) is 3.89. The minimum atomic E-state index is -0.0930. The molecule has 0 amide bonds. The summed E-state index contributed by atoms with van der Waals surface area (Å²) >= 11 is 0. The molecule has 0 saturated carbocycles. The third-order valence-electron chi connectivity index (χ3n) is 1.36. The van der Waals surface area contributed by atoms with Crippen molar-refractivity contribution in [2.75, 3.05) is 0 Å². The van der Waals surface area contributed by atoms with Gasteiger partial charge in [0.25, 0.3) is 0 Å². The van der Waals surface area contributed by atoms with E-state index in [0.29, 0.717) is 5.69 Å². The van der Waals surface area contributed by atoms with E-state index in [9.17, 15) is 0 Å². The van der Waals surface area contributed by atoms with Crippen LogP contribution in [0.1, 0.15) is 32.2 Å². The topological polar surface area (TPSA) is 49.6 Å². The summed E-state index contributed by atoms with van der Waals surface area (Å²) in [4.78, 5) is 7.87. The van der Waals surface area contributed by atoms with Crippen molar-refractivity contribution in [3.63, 3.8) is 0 Å². The van der Waals surface area contributed by atoms with Gasteiger partial charge in [0.15, 0.2) is 5.69 Å². The molecule has 1 aromatic rings. The van der Waals surface area contributed by atoms with E-state index in [-0.39, 0.29) is 11.1 Å². The van der Waals surface area contributed by atoms with E-state index in [2.05, 4.69) is 21.8 Å². The molecular weight excluding hydrogens is 174 g/mol. The fourth-order valence-electron chi connectivity index (χ4n) is 0.758. The van der Waals surface area contributed by atoms with Gasteiger partial charge in [0, 0.05) is 17.8 Å². The molecule has 0 bridgehead atoms. The first-order valence-corrected chi connectivity index (χ1v) is 4.27. The number of hydrogen-bond acceptors (Lipinski definition) is 3. The molecule has 0 spiro atoms. The molecule has 1 heterocycles. The van der Waals surface area contributed by atoms with Gasteiger partial charge in [-0.05, 0) is 26.7 Å². The van der Waals surface area contributed by atoms with E-state index in [0.717, 1.165) is 0 Å². The summed E-state index contributed by atoms with van der Waals surface area (Å²) in [5, 5.41) is 8.73. The summed E-state index contributed by atoms with van der Waals surface area (Å²) in [6.07, 6.45) is 3.02. The quantitative estimate of drug-likeness (QED) is 0.578. The highest BCUT2D eigenvalue weighted by atomic mass is 14.8. The van der Waals surface area contributed by atoms with Gasteiger partial charge in [-0.25, -0.2) is 9.97 Å². The van der Waals surface area contributed by atoms with Gasteiger partial charge in [0.2, 0.25) is 0 Å². The van der Waals surface area contributed by atoms with Crippen molar-refractivity contribution in [2.24, 2.45) is 5.41 Å². The van der Waals surface area contributed by atoms with Crippen LogP contribution in [0.4, 0.5) is 0 Å². The monoisotopic (exact) mass is 185 g/mol. The third kappa shape index (κ3) is 2.88. The van der Waals surface area contributed by atoms with Crippen LogP contribution in [0.2, 0.25) is 0 Å². The fourth-order valence-corrected chi connectivity index (χ4v) is 0.758. The van der Waals surface area contributed by atoms with Gasteiger partial charge >= 0.3 is 0 Å². The second-order valence-electron chi connectivity index (χ2n) is 3.87. The third-order valence-corrected chi connectivity index (χ3v) is 1.36. The van der Waals surface area contributed by atoms with Crippen molar-refractivity contribution >= 4 is 0 Å². The van der Waals surface area contributed by atoms with Crippen LogP contribution in [0, 0.1) is 28.6 Å².